The number of hydrogen-bond acceptors (Lipinski definition) is 3. The van der Waals surface area contributed by atoms with E-state index in [2.05, 4.69) is 41.7 Å². The minimum Gasteiger partial charge on any atom is -0.312 e. The van der Waals surface area contributed by atoms with Crippen molar-refractivity contribution in [1.82, 2.24) is 10.2 Å². The maximum absolute atomic E-state index is 3.65. The molecule has 96 valence electrons. The molecule has 1 fully saturated rings. The quantitative estimate of drug-likeness (QED) is 0.866. The summed E-state index contributed by atoms with van der Waals surface area (Å²) in [7, 11) is 2.25. The van der Waals surface area contributed by atoms with Gasteiger partial charge in [-0.15, -0.1) is 11.3 Å². The average molecular weight is 252 g/mol. The predicted octanol–water partition coefficient (Wildman–Crippen LogP) is 2.61. The molecule has 2 rings (SSSR count). The Morgan fingerprint density at radius 2 is 2.41 bits per heavy atom. The lowest BCUT2D eigenvalue weighted by Crippen LogP contribution is -2.47. The molecule has 3 heteroatoms. The third-order valence-corrected chi connectivity index (χ3v) is 4.69. The van der Waals surface area contributed by atoms with Crippen LogP contribution in [0.1, 0.15) is 24.6 Å². The Labute approximate surface area is 109 Å². The molecule has 0 amide bonds. The van der Waals surface area contributed by atoms with Crippen LogP contribution in [0.5, 0.6) is 0 Å². The van der Waals surface area contributed by atoms with E-state index in [1.54, 1.807) is 0 Å². The highest BCUT2D eigenvalue weighted by Crippen LogP contribution is 2.16. The summed E-state index contributed by atoms with van der Waals surface area (Å²) < 4.78 is 0. The topological polar surface area (TPSA) is 15.3 Å². The smallest absolute Gasteiger partial charge is 0.0220 e. The molecule has 2 nitrogen and oxygen atoms in total. The van der Waals surface area contributed by atoms with Crippen molar-refractivity contribution in [2.45, 2.75) is 32.2 Å². The van der Waals surface area contributed by atoms with Crippen molar-refractivity contribution in [3.63, 3.8) is 0 Å². The van der Waals surface area contributed by atoms with Gasteiger partial charge in [-0.1, -0.05) is 13.0 Å². The van der Waals surface area contributed by atoms with Gasteiger partial charge in [0.25, 0.3) is 0 Å². The molecule has 1 aromatic rings. The summed E-state index contributed by atoms with van der Waals surface area (Å²) in [6.45, 7) is 5.94. The summed E-state index contributed by atoms with van der Waals surface area (Å²) in [4.78, 5) is 3.97. The summed E-state index contributed by atoms with van der Waals surface area (Å²) in [5.41, 5.74) is 0. The minimum absolute atomic E-state index is 0.692. The number of nitrogens with zero attached hydrogens (tertiary/aromatic N) is 1. The van der Waals surface area contributed by atoms with Crippen LogP contribution in [0.15, 0.2) is 17.5 Å². The lowest BCUT2D eigenvalue weighted by atomic mass is 9.92. The number of rotatable bonds is 5. The zero-order valence-electron chi connectivity index (χ0n) is 11.0. The molecule has 0 radical (unpaired) electrons. The van der Waals surface area contributed by atoms with Crippen LogP contribution in [0.25, 0.3) is 0 Å². The zero-order valence-corrected chi connectivity index (χ0v) is 11.8. The fourth-order valence-electron chi connectivity index (χ4n) is 2.54. The first kappa shape index (κ1) is 13.1. The number of hydrogen-bond donors (Lipinski definition) is 1. The van der Waals surface area contributed by atoms with Crippen molar-refractivity contribution >= 4 is 11.3 Å². The van der Waals surface area contributed by atoms with Gasteiger partial charge in [-0.05, 0) is 50.2 Å². The molecule has 17 heavy (non-hydrogen) atoms. The first-order valence-corrected chi connectivity index (χ1v) is 7.58. The van der Waals surface area contributed by atoms with E-state index < -0.39 is 0 Å². The molecule has 2 heterocycles. The van der Waals surface area contributed by atoms with Crippen LogP contribution >= 0.6 is 11.3 Å². The molecular weight excluding hydrogens is 228 g/mol. The predicted molar refractivity (Wildman–Crippen MR) is 75.7 cm³/mol. The van der Waals surface area contributed by atoms with Crippen LogP contribution in [-0.2, 0) is 6.42 Å². The van der Waals surface area contributed by atoms with Gasteiger partial charge in [0.1, 0.15) is 0 Å². The summed E-state index contributed by atoms with van der Waals surface area (Å²) in [5, 5.41) is 5.82. The van der Waals surface area contributed by atoms with E-state index in [1.165, 1.54) is 43.8 Å². The Morgan fingerprint density at radius 1 is 1.53 bits per heavy atom. The van der Waals surface area contributed by atoms with Gasteiger partial charge in [-0.2, -0.15) is 0 Å². The standard InChI is InChI=1S/C14H24N2S/c1-12-5-3-8-15-14(12)11-16(2)9-7-13-6-4-10-17-13/h4,6,10,12,14-15H,3,5,7-9,11H2,1-2H3. The first-order chi connectivity index (χ1) is 8.25. The minimum atomic E-state index is 0.692. The van der Waals surface area contributed by atoms with Gasteiger partial charge in [-0.3, -0.25) is 0 Å². The summed E-state index contributed by atoms with van der Waals surface area (Å²) in [5.74, 6) is 0.827. The monoisotopic (exact) mass is 252 g/mol. The van der Waals surface area contributed by atoms with Crippen molar-refractivity contribution in [2.75, 3.05) is 26.7 Å². The second kappa shape index (κ2) is 6.53. The molecule has 1 saturated heterocycles. The maximum Gasteiger partial charge on any atom is 0.0220 e. The van der Waals surface area contributed by atoms with E-state index >= 15 is 0 Å². The second-order valence-corrected chi connectivity index (χ2v) is 6.30. The largest absolute Gasteiger partial charge is 0.312 e. The lowest BCUT2D eigenvalue weighted by Gasteiger charge is -2.33. The van der Waals surface area contributed by atoms with Crippen molar-refractivity contribution in [3.05, 3.63) is 22.4 Å². The van der Waals surface area contributed by atoms with Crippen LogP contribution in [-0.4, -0.2) is 37.6 Å². The van der Waals surface area contributed by atoms with Gasteiger partial charge < -0.3 is 10.2 Å². The van der Waals surface area contributed by atoms with Gasteiger partial charge >= 0.3 is 0 Å². The molecule has 0 bridgehead atoms. The highest BCUT2D eigenvalue weighted by Gasteiger charge is 2.21. The van der Waals surface area contributed by atoms with Crippen molar-refractivity contribution in [2.24, 2.45) is 5.92 Å². The van der Waals surface area contributed by atoms with Gasteiger partial charge in [0.15, 0.2) is 0 Å². The second-order valence-electron chi connectivity index (χ2n) is 5.27. The normalized spacial score (nSPS) is 25.4. The molecule has 1 N–H and O–H groups in total. The summed E-state index contributed by atoms with van der Waals surface area (Å²) >= 11 is 1.87. The van der Waals surface area contributed by atoms with Crippen molar-refractivity contribution < 1.29 is 0 Å². The van der Waals surface area contributed by atoms with Crippen molar-refractivity contribution in [1.29, 1.82) is 0 Å². The van der Waals surface area contributed by atoms with Gasteiger partial charge in [-0.25, -0.2) is 0 Å². The molecule has 0 aliphatic carbocycles. The molecule has 0 spiro atoms. The van der Waals surface area contributed by atoms with E-state index in [0.717, 1.165) is 5.92 Å². The Kier molecular flexibility index (Phi) is 5.01. The summed E-state index contributed by atoms with van der Waals surface area (Å²) in [6, 6.07) is 5.07. The number of thiophene rings is 1. The fourth-order valence-corrected chi connectivity index (χ4v) is 3.24. The first-order valence-electron chi connectivity index (χ1n) is 6.70. The molecule has 0 saturated carbocycles. The molecule has 1 aliphatic rings. The Bertz CT molecular complexity index is 310. The van der Waals surface area contributed by atoms with Crippen LogP contribution in [0.3, 0.4) is 0 Å². The SMILES string of the molecule is CC1CCCNC1CN(C)CCc1cccs1. The van der Waals surface area contributed by atoms with Gasteiger partial charge in [0, 0.05) is 24.0 Å². The van der Waals surface area contributed by atoms with Gasteiger partial charge in [0.2, 0.25) is 0 Å². The van der Waals surface area contributed by atoms with E-state index in [9.17, 15) is 0 Å². The van der Waals surface area contributed by atoms with E-state index in [1.807, 2.05) is 11.3 Å². The number of likely N-dealkylation sites (N-methyl/N-ethyl adjacent to an activating group) is 1. The van der Waals surface area contributed by atoms with Crippen molar-refractivity contribution in [3.8, 4) is 0 Å². The fraction of sp³-hybridized carbons (Fsp3) is 0.714. The average Bonchev–Trinajstić information content (AvgIpc) is 2.82. The number of piperidine rings is 1. The third kappa shape index (κ3) is 4.09. The Hall–Kier alpha value is -0.380. The molecular formula is C14H24N2S. The van der Waals surface area contributed by atoms with E-state index in [4.69, 9.17) is 0 Å². The highest BCUT2D eigenvalue weighted by atomic mass is 32.1. The van der Waals surface area contributed by atoms with Crippen LogP contribution in [0.4, 0.5) is 0 Å². The van der Waals surface area contributed by atoms with Gasteiger partial charge in [0.05, 0.1) is 0 Å². The van der Waals surface area contributed by atoms with Crippen LogP contribution in [0.2, 0.25) is 0 Å². The maximum atomic E-state index is 3.65. The van der Waals surface area contributed by atoms with E-state index in [0.29, 0.717) is 6.04 Å². The zero-order chi connectivity index (χ0) is 12.1. The Balaban J connectivity index is 1.71. The summed E-state index contributed by atoms with van der Waals surface area (Å²) in [6.07, 6.45) is 3.92. The molecule has 0 aromatic carbocycles. The Morgan fingerprint density at radius 3 is 3.12 bits per heavy atom. The van der Waals surface area contributed by atoms with E-state index in [-0.39, 0.29) is 0 Å². The highest BCUT2D eigenvalue weighted by molar-refractivity contribution is 7.09. The van der Waals surface area contributed by atoms with Crippen LogP contribution < -0.4 is 5.32 Å². The third-order valence-electron chi connectivity index (χ3n) is 3.76. The number of nitrogens with one attached hydrogen (secondary N) is 1. The molecule has 2 atom stereocenters. The molecule has 1 aliphatic heterocycles. The lowest BCUT2D eigenvalue weighted by molar-refractivity contribution is 0.218. The van der Waals surface area contributed by atoms with Crippen LogP contribution in [0, 0.1) is 5.92 Å². The molecule has 1 aromatic heterocycles. The molecule has 2 unspecified atom stereocenters.